The van der Waals surface area contributed by atoms with Crippen LogP contribution in [-0.2, 0) is 0 Å². The number of hydrogen-bond donors (Lipinski definition) is 2. The van der Waals surface area contributed by atoms with E-state index < -0.39 is 0 Å². The van der Waals surface area contributed by atoms with Crippen molar-refractivity contribution in [3.63, 3.8) is 0 Å². The summed E-state index contributed by atoms with van der Waals surface area (Å²) in [6.07, 6.45) is 4.13. The van der Waals surface area contributed by atoms with Gasteiger partial charge in [0.1, 0.15) is 4.99 Å². The fourth-order valence-electron chi connectivity index (χ4n) is 1.42. The van der Waals surface area contributed by atoms with Gasteiger partial charge in [-0.2, -0.15) is 0 Å². The van der Waals surface area contributed by atoms with Crippen LogP contribution in [0.25, 0.3) is 0 Å². The molecule has 16 heavy (non-hydrogen) atoms. The van der Waals surface area contributed by atoms with Crippen LogP contribution in [0.3, 0.4) is 0 Å². The van der Waals surface area contributed by atoms with Gasteiger partial charge >= 0.3 is 0 Å². The van der Waals surface area contributed by atoms with Gasteiger partial charge in [-0.25, -0.2) is 0 Å². The van der Waals surface area contributed by atoms with Crippen LogP contribution in [0.4, 0.5) is 5.69 Å². The maximum atomic E-state index is 5.52. The summed E-state index contributed by atoms with van der Waals surface area (Å²) in [5, 5.41) is 3.34. The second kappa shape index (κ2) is 6.43. The standard InChI is InChI=1S/C12H19N3S/c1-9(2)4-3-6-14-10-5-7-15-11(8-10)12(13)16/h5,7-9H,3-4,6H2,1-2H3,(H2,13,16)(H,14,15). The molecule has 0 bridgehead atoms. The van der Waals surface area contributed by atoms with E-state index in [4.69, 9.17) is 18.0 Å². The summed E-state index contributed by atoms with van der Waals surface area (Å²) in [4.78, 5) is 4.43. The minimum atomic E-state index is 0.339. The average Bonchev–Trinajstić information content (AvgIpc) is 2.24. The topological polar surface area (TPSA) is 50.9 Å². The Morgan fingerprint density at radius 3 is 2.94 bits per heavy atom. The first-order valence-electron chi connectivity index (χ1n) is 5.59. The first kappa shape index (κ1) is 12.9. The molecule has 0 aliphatic carbocycles. The Morgan fingerprint density at radius 1 is 1.56 bits per heavy atom. The molecule has 0 fully saturated rings. The highest BCUT2D eigenvalue weighted by Crippen LogP contribution is 2.09. The minimum Gasteiger partial charge on any atom is -0.388 e. The van der Waals surface area contributed by atoms with Gasteiger partial charge in [0.15, 0.2) is 0 Å². The molecule has 0 aromatic carbocycles. The number of rotatable bonds is 6. The summed E-state index contributed by atoms with van der Waals surface area (Å²) in [6, 6.07) is 3.81. The molecule has 1 aromatic heterocycles. The molecule has 88 valence electrons. The fraction of sp³-hybridized carbons (Fsp3) is 0.500. The molecule has 0 saturated carbocycles. The van der Waals surface area contributed by atoms with Gasteiger partial charge in [-0.3, -0.25) is 4.98 Å². The molecule has 0 saturated heterocycles. The fourth-order valence-corrected chi connectivity index (χ4v) is 1.53. The van der Waals surface area contributed by atoms with Crippen LogP contribution in [0.5, 0.6) is 0 Å². The third-order valence-electron chi connectivity index (χ3n) is 2.30. The van der Waals surface area contributed by atoms with Crippen molar-refractivity contribution in [2.24, 2.45) is 11.7 Å². The van der Waals surface area contributed by atoms with E-state index in [-0.39, 0.29) is 0 Å². The Hall–Kier alpha value is -1.16. The van der Waals surface area contributed by atoms with Gasteiger partial charge in [0.05, 0.1) is 5.69 Å². The number of anilines is 1. The number of pyridine rings is 1. The maximum Gasteiger partial charge on any atom is 0.122 e. The number of nitrogens with one attached hydrogen (secondary N) is 1. The van der Waals surface area contributed by atoms with Crippen LogP contribution in [0.1, 0.15) is 32.4 Å². The molecule has 0 atom stereocenters. The Morgan fingerprint density at radius 2 is 2.31 bits per heavy atom. The average molecular weight is 237 g/mol. The first-order chi connectivity index (χ1) is 7.59. The molecule has 1 rings (SSSR count). The van der Waals surface area contributed by atoms with E-state index >= 15 is 0 Å². The third-order valence-corrected chi connectivity index (χ3v) is 2.51. The van der Waals surface area contributed by atoms with E-state index in [2.05, 4.69) is 24.1 Å². The monoisotopic (exact) mass is 237 g/mol. The van der Waals surface area contributed by atoms with Crippen LogP contribution in [0, 0.1) is 5.92 Å². The molecular formula is C12H19N3S. The smallest absolute Gasteiger partial charge is 0.122 e. The predicted molar refractivity (Wildman–Crippen MR) is 72.7 cm³/mol. The van der Waals surface area contributed by atoms with Crippen molar-refractivity contribution in [1.82, 2.24) is 4.98 Å². The molecular weight excluding hydrogens is 218 g/mol. The van der Waals surface area contributed by atoms with Crippen LogP contribution in [0.2, 0.25) is 0 Å². The van der Waals surface area contributed by atoms with Gasteiger partial charge in [0, 0.05) is 18.4 Å². The second-order valence-electron chi connectivity index (χ2n) is 4.26. The van der Waals surface area contributed by atoms with Crippen LogP contribution in [-0.4, -0.2) is 16.5 Å². The number of thiocarbonyl (C=S) groups is 1. The van der Waals surface area contributed by atoms with E-state index in [0.717, 1.165) is 18.2 Å². The number of nitrogens with two attached hydrogens (primary N) is 1. The van der Waals surface area contributed by atoms with Crippen LogP contribution in [0.15, 0.2) is 18.3 Å². The maximum absolute atomic E-state index is 5.52. The van der Waals surface area contributed by atoms with E-state index in [1.54, 1.807) is 6.20 Å². The lowest BCUT2D eigenvalue weighted by molar-refractivity contribution is 0.567. The van der Waals surface area contributed by atoms with Gasteiger partial charge in [-0.1, -0.05) is 26.1 Å². The highest BCUT2D eigenvalue weighted by Gasteiger charge is 1.99. The SMILES string of the molecule is CC(C)CCCNc1ccnc(C(N)=S)c1. The largest absolute Gasteiger partial charge is 0.388 e. The molecule has 1 aromatic rings. The molecule has 0 aliphatic heterocycles. The molecule has 0 radical (unpaired) electrons. The van der Waals surface area contributed by atoms with Gasteiger partial charge in [-0.15, -0.1) is 0 Å². The van der Waals surface area contributed by atoms with E-state index in [0.29, 0.717) is 10.7 Å². The summed E-state index contributed by atoms with van der Waals surface area (Å²) in [5.74, 6) is 0.756. The Bertz CT molecular complexity index is 350. The van der Waals surface area contributed by atoms with Crippen molar-refractivity contribution in [3.05, 3.63) is 24.0 Å². The molecule has 1 heterocycles. The summed E-state index contributed by atoms with van der Waals surface area (Å²) < 4.78 is 0. The molecule has 3 nitrogen and oxygen atoms in total. The van der Waals surface area contributed by atoms with Gasteiger partial charge < -0.3 is 11.1 Å². The number of aromatic nitrogens is 1. The lowest BCUT2D eigenvalue weighted by Crippen LogP contribution is -2.12. The van der Waals surface area contributed by atoms with E-state index in [9.17, 15) is 0 Å². The summed E-state index contributed by atoms with van der Waals surface area (Å²) >= 11 is 4.88. The molecule has 0 amide bonds. The first-order valence-corrected chi connectivity index (χ1v) is 6.00. The van der Waals surface area contributed by atoms with Crippen molar-refractivity contribution >= 4 is 22.9 Å². The predicted octanol–water partition coefficient (Wildman–Crippen LogP) is 2.56. The summed E-state index contributed by atoms with van der Waals surface area (Å²) in [5.41, 5.74) is 7.22. The minimum absolute atomic E-state index is 0.339. The number of hydrogen-bond acceptors (Lipinski definition) is 3. The Kier molecular flexibility index (Phi) is 5.19. The Balaban J connectivity index is 2.42. The van der Waals surface area contributed by atoms with Gasteiger partial charge in [0.2, 0.25) is 0 Å². The van der Waals surface area contributed by atoms with E-state index in [1.807, 2.05) is 12.1 Å². The molecule has 0 aliphatic rings. The Labute approximate surface area is 102 Å². The normalized spacial score (nSPS) is 10.4. The highest BCUT2D eigenvalue weighted by molar-refractivity contribution is 7.80. The number of nitrogens with zero attached hydrogens (tertiary/aromatic N) is 1. The molecule has 3 N–H and O–H groups in total. The van der Waals surface area contributed by atoms with Crippen molar-refractivity contribution < 1.29 is 0 Å². The van der Waals surface area contributed by atoms with Crippen molar-refractivity contribution in [1.29, 1.82) is 0 Å². The van der Waals surface area contributed by atoms with Crippen molar-refractivity contribution in [3.8, 4) is 0 Å². The lowest BCUT2D eigenvalue weighted by atomic mass is 10.1. The molecule has 0 spiro atoms. The zero-order valence-corrected chi connectivity index (χ0v) is 10.7. The van der Waals surface area contributed by atoms with Crippen molar-refractivity contribution in [2.75, 3.05) is 11.9 Å². The van der Waals surface area contributed by atoms with E-state index in [1.165, 1.54) is 12.8 Å². The van der Waals surface area contributed by atoms with Gasteiger partial charge in [0.25, 0.3) is 0 Å². The van der Waals surface area contributed by atoms with Gasteiger partial charge in [-0.05, 0) is 30.9 Å². The zero-order valence-electron chi connectivity index (χ0n) is 9.86. The quantitative estimate of drug-likeness (QED) is 0.590. The lowest BCUT2D eigenvalue weighted by Gasteiger charge is -2.08. The molecule has 4 heteroatoms. The van der Waals surface area contributed by atoms with Crippen molar-refractivity contribution in [2.45, 2.75) is 26.7 Å². The summed E-state index contributed by atoms with van der Waals surface area (Å²) in [7, 11) is 0. The van der Waals surface area contributed by atoms with Crippen LogP contribution < -0.4 is 11.1 Å². The molecule has 0 unspecified atom stereocenters. The zero-order chi connectivity index (χ0) is 12.0. The third kappa shape index (κ3) is 4.57. The van der Waals surface area contributed by atoms with Crippen LogP contribution >= 0.6 is 12.2 Å². The second-order valence-corrected chi connectivity index (χ2v) is 4.70. The highest BCUT2D eigenvalue weighted by atomic mass is 32.1. The summed E-state index contributed by atoms with van der Waals surface area (Å²) in [6.45, 7) is 5.44.